The van der Waals surface area contributed by atoms with Crippen molar-refractivity contribution < 1.29 is 4.74 Å². The molecule has 0 aromatic rings. The third-order valence-electron chi connectivity index (χ3n) is 2.64. The molecule has 1 N–H and O–H groups in total. The average Bonchev–Trinajstić information content (AvgIpc) is 1.90. The minimum absolute atomic E-state index is 0.692. The van der Waals surface area contributed by atoms with Gasteiger partial charge in [-0.3, -0.25) is 4.90 Å². The molecular formula is C8H16N2O. The van der Waals surface area contributed by atoms with Gasteiger partial charge in [-0.1, -0.05) is 0 Å². The molecule has 0 aromatic heterocycles. The van der Waals surface area contributed by atoms with Crippen LogP contribution in [0, 0.1) is 0 Å². The zero-order chi connectivity index (χ0) is 7.68. The molecule has 0 saturated carbocycles. The first-order valence-corrected chi connectivity index (χ1v) is 4.42. The van der Waals surface area contributed by atoms with Crippen LogP contribution < -0.4 is 5.32 Å². The quantitative estimate of drug-likeness (QED) is 0.563. The summed E-state index contributed by atoms with van der Waals surface area (Å²) in [5, 5.41) is 3.39. The Hall–Kier alpha value is -0.120. The van der Waals surface area contributed by atoms with Gasteiger partial charge in [0.25, 0.3) is 0 Å². The smallest absolute Gasteiger partial charge is 0.0645 e. The van der Waals surface area contributed by atoms with Crippen molar-refractivity contribution in [2.24, 2.45) is 0 Å². The van der Waals surface area contributed by atoms with Crippen LogP contribution in [0.25, 0.3) is 0 Å². The van der Waals surface area contributed by atoms with E-state index in [1.165, 1.54) is 6.54 Å². The second-order valence-corrected chi connectivity index (χ2v) is 3.48. The van der Waals surface area contributed by atoms with E-state index in [1.54, 1.807) is 0 Å². The van der Waals surface area contributed by atoms with Crippen molar-refractivity contribution in [2.45, 2.75) is 19.0 Å². The van der Waals surface area contributed by atoms with E-state index >= 15 is 0 Å². The van der Waals surface area contributed by atoms with Crippen molar-refractivity contribution in [3.63, 3.8) is 0 Å². The van der Waals surface area contributed by atoms with Gasteiger partial charge in [0.2, 0.25) is 0 Å². The van der Waals surface area contributed by atoms with E-state index in [4.69, 9.17) is 4.74 Å². The molecule has 0 radical (unpaired) electrons. The van der Waals surface area contributed by atoms with Crippen molar-refractivity contribution in [2.75, 3.05) is 32.8 Å². The fraction of sp³-hybridized carbons (Fsp3) is 1.00. The molecule has 0 bridgehead atoms. The molecule has 0 aromatic carbocycles. The molecule has 0 spiro atoms. The normalized spacial score (nSPS) is 35.2. The summed E-state index contributed by atoms with van der Waals surface area (Å²) in [5.41, 5.74) is 0. The molecule has 0 unspecified atom stereocenters. The Morgan fingerprint density at radius 3 is 2.82 bits per heavy atom. The van der Waals surface area contributed by atoms with E-state index in [9.17, 15) is 0 Å². The number of ether oxygens (including phenoxy) is 1. The highest BCUT2D eigenvalue weighted by atomic mass is 16.5. The number of rotatable bonds is 1. The highest BCUT2D eigenvalue weighted by Gasteiger charge is 2.30. The van der Waals surface area contributed by atoms with E-state index in [-0.39, 0.29) is 0 Å². The Morgan fingerprint density at radius 1 is 1.45 bits per heavy atom. The Balaban J connectivity index is 1.88. The van der Waals surface area contributed by atoms with Gasteiger partial charge in [0.05, 0.1) is 19.3 Å². The highest BCUT2D eigenvalue weighted by molar-refractivity contribution is 4.85. The number of nitrogens with zero attached hydrogens (tertiary/aromatic N) is 1. The molecule has 64 valence electrons. The summed E-state index contributed by atoms with van der Waals surface area (Å²) >= 11 is 0. The average molecular weight is 156 g/mol. The lowest BCUT2D eigenvalue weighted by Crippen LogP contribution is -2.59. The molecule has 3 heteroatoms. The van der Waals surface area contributed by atoms with Crippen molar-refractivity contribution in [3.8, 4) is 0 Å². The molecule has 0 amide bonds. The fourth-order valence-electron chi connectivity index (χ4n) is 1.81. The summed E-state index contributed by atoms with van der Waals surface area (Å²) in [7, 11) is 0. The minimum Gasteiger partial charge on any atom is -0.378 e. The third kappa shape index (κ3) is 1.41. The number of hydrogen-bond donors (Lipinski definition) is 1. The lowest BCUT2D eigenvalue weighted by Gasteiger charge is -2.43. The molecule has 0 aliphatic carbocycles. The first-order chi connectivity index (χ1) is 5.38. The molecule has 2 aliphatic rings. The van der Waals surface area contributed by atoms with E-state index < -0.39 is 0 Å². The van der Waals surface area contributed by atoms with Gasteiger partial charge in [-0.25, -0.2) is 0 Å². The van der Waals surface area contributed by atoms with Gasteiger partial charge >= 0.3 is 0 Å². The van der Waals surface area contributed by atoms with E-state index in [0.29, 0.717) is 12.1 Å². The maximum absolute atomic E-state index is 5.17. The first kappa shape index (κ1) is 7.53. The molecule has 2 fully saturated rings. The van der Waals surface area contributed by atoms with Crippen LogP contribution in [-0.2, 0) is 4.74 Å². The maximum atomic E-state index is 5.17. The summed E-state index contributed by atoms with van der Waals surface area (Å²) in [4.78, 5) is 2.56. The summed E-state index contributed by atoms with van der Waals surface area (Å²) in [6, 6.07) is 1.41. The zero-order valence-electron chi connectivity index (χ0n) is 7.05. The van der Waals surface area contributed by atoms with Crippen molar-refractivity contribution in [3.05, 3.63) is 0 Å². The molecular weight excluding hydrogens is 140 g/mol. The summed E-state index contributed by atoms with van der Waals surface area (Å²) in [6.45, 7) is 7.64. The minimum atomic E-state index is 0.692. The SMILES string of the molecule is C[C@H]1CNCCN1C1COC1. The van der Waals surface area contributed by atoms with E-state index in [1.807, 2.05) is 0 Å². The lowest BCUT2D eigenvalue weighted by atomic mass is 10.1. The standard InChI is InChI=1S/C8H16N2O/c1-7-4-9-2-3-10(7)8-5-11-6-8/h7-9H,2-6H2,1H3/t7-/m0/s1. The second-order valence-electron chi connectivity index (χ2n) is 3.48. The second kappa shape index (κ2) is 3.09. The van der Waals surface area contributed by atoms with Gasteiger partial charge in [-0.05, 0) is 6.92 Å². The fourth-order valence-corrected chi connectivity index (χ4v) is 1.81. The molecule has 2 aliphatic heterocycles. The lowest BCUT2D eigenvalue weighted by molar-refractivity contribution is -0.0815. The predicted octanol–water partition coefficient (Wildman–Crippen LogP) is -0.321. The van der Waals surface area contributed by atoms with Gasteiger partial charge in [-0.15, -0.1) is 0 Å². The van der Waals surface area contributed by atoms with Crippen LogP contribution in [0.4, 0.5) is 0 Å². The van der Waals surface area contributed by atoms with Crippen LogP contribution in [0.2, 0.25) is 0 Å². The summed E-state index contributed by atoms with van der Waals surface area (Å²) in [5.74, 6) is 0. The Bertz CT molecular complexity index is 134. The maximum Gasteiger partial charge on any atom is 0.0645 e. The largest absolute Gasteiger partial charge is 0.378 e. The highest BCUT2D eigenvalue weighted by Crippen LogP contribution is 2.14. The van der Waals surface area contributed by atoms with Gasteiger partial charge in [0, 0.05) is 25.7 Å². The van der Waals surface area contributed by atoms with Gasteiger partial charge in [0.15, 0.2) is 0 Å². The van der Waals surface area contributed by atoms with Crippen LogP contribution in [0.15, 0.2) is 0 Å². The van der Waals surface area contributed by atoms with Crippen molar-refractivity contribution >= 4 is 0 Å². The predicted molar refractivity (Wildman–Crippen MR) is 43.6 cm³/mol. The Morgan fingerprint density at radius 2 is 2.27 bits per heavy atom. The summed E-state index contributed by atoms with van der Waals surface area (Å²) < 4.78 is 5.17. The van der Waals surface area contributed by atoms with E-state index in [0.717, 1.165) is 26.3 Å². The van der Waals surface area contributed by atoms with Crippen LogP contribution in [0.3, 0.4) is 0 Å². The van der Waals surface area contributed by atoms with Crippen LogP contribution >= 0.6 is 0 Å². The number of piperazine rings is 1. The molecule has 11 heavy (non-hydrogen) atoms. The third-order valence-corrected chi connectivity index (χ3v) is 2.64. The number of hydrogen-bond acceptors (Lipinski definition) is 3. The van der Waals surface area contributed by atoms with Crippen molar-refractivity contribution in [1.29, 1.82) is 0 Å². The topological polar surface area (TPSA) is 24.5 Å². The van der Waals surface area contributed by atoms with Gasteiger partial charge in [-0.2, -0.15) is 0 Å². The first-order valence-electron chi connectivity index (χ1n) is 4.42. The molecule has 2 saturated heterocycles. The zero-order valence-corrected chi connectivity index (χ0v) is 7.05. The summed E-state index contributed by atoms with van der Waals surface area (Å²) in [6.07, 6.45) is 0. The molecule has 1 atom stereocenters. The Labute approximate surface area is 67.7 Å². The Kier molecular flexibility index (Phi) is 2.11. The number of nitrogens with one attached hydrogen (secondary N) is 1. The molecule has 3 nitrogen and oxygen atoms in total. The van der Waals surface area contributed by atoms with Crippen LogP contribution in [-0.4, -0.2) is 49.8 Å². The molecule has 2 heterocycles. The van der Waals surface area contributed by atoms with Gasteiger partial charge in [0.1, 0.15) is 0 Å². The van der Waals surface area contributed by atoms with Crippen LogP contribution in [0.1, 0.15) is 6.92 Å². The molecule has 2 rings (SSSR count). The van der Waals surface area contributed by atoms with Crippen LogP contribution in [0.5, 0.6) is 0 Å². The monoisotopic (exact) mass is 156 g/mol. The van der Waals surface area contributed by atoms with Crippen molar-refractivity contribution in [1.82, 2.24) is 10.2 Å². The van der Waals surface area contributed by atoms with E-state index in [2.05, 4.69) is 17.1 Å². The van der Waals surface area contributed by atoms with Gasteiger partial charge < -0.3 is 10.1 Å².